The van der Waals surface area contributed by atoms with Gasteiger partial charge in [-0.2, -0.15) is 16.1 Å². The van der Waals surface area contributed by atoms with E-state index in [9.17, 15) is 8.42 Å². The molecule has 0 aliphatic heterocycles. The molecule has 3 rings (SSSR count). The van der Waals surface area contributed by atoms with Crippen LogP contribution >= 0.6 is 22.7 Å². The second-order valence-electron chi connectivity index (χ2n) is 4.88. The molecule has 3 aromatic rings. The van der Waals surface area contributed by atoms with Crippen molar-refractivity contribution in [3.63, 3.8) is 0 Å². The van der Waals surface area contributed by atoms with Crippen molar-refractivity contribution in [1.82, 2.24) is 4.72 Å². The Bertz CT molecular complexity index is 818. The molecular formula is C17H15NO2S3. The van der Waals surface area contributed by atoms with Crippen LogP contribution in [0.25, 0.3) is 6.08 Å². The summed E-state index contributed by atoms with van der Waals surface area (Å²) in [6.07, 6.45) is 1.60. The first-order valence-corrected chi connectivity index (χ1v) is 10.3. The highest BCUT2D eigenvalue weighted by atomic mass is 32.2. The zero-order valence-corrected chi connectivity index (χ0v) is 14.6. The van der Waals surface area contributed by atoms with Crippen LogP contribution in [0.5, 0.6) is 0 Å². The van der Waals surface area contributed by atoms with Crippen LogP contribution < -0.4 is 4.72 Å². The molecule has 1 aromatic carbocycles. The van der Waals surface area contributed by atoms with E-state index in [1.165, 1.54) is 16.7 Å². The van der Waals surface area contributed by atoms with Gasteiger partial charge < -0.3 is 0 Å². The molecule has 2 aromatic heterocycles. The van der Waals surface area contributed by atoms with Crippen molar-refractivity contribution < 1.29 is 8.42 Å². The molecule has 0 fully saturated rings. The van der Waals surface area contributed by atoms with Crippen LogP contribution in [0, 0.1) is 0 Å². The Hall–Kier alpha value is -1.73. The average Bonchev–Trinajstić information content (AvgIpc) is 3.25. The molecule has 0 saturated heterocycles. The molecule has 0 bridgehead atoms. The Morgan fingerprint density at radius 2 is 1.83 bits per heavy atom. The molecule has 0 radical (unpaired) electrons. The highest BCUT2D eigenvalue weighted by Crippen LogP contribution is 2.28. The number of sulfonamides is 1. The van der Waals surface area contributed by atoms with Crippen LogP contribution in [0.15, 0.2) is 70.1 Å². The van der Waals surface area contributed by atoms with E-state index >= 15 is 0 Å². The Balaban J connectivity index is 1.83. The molecule has 118 valence electrons. The first-order valence-electron chi connectivity index (χ1n) is 6.95. The smallest absolute Gasteiger partial charge is 0.208 e. The molecule has 6 heteroatoms. The normalized spacial score (nSPS) is 13.4. The molecule has 0 saturated carbocycles. The van der Waals surface area contributed by atoms with Gasteiger partial charge in [0.05, 0.1) is 6.04 Å². The molecule has 2 heterocycles. The van der Waals surface area contributed by atoms with Crippen molar-refractivity contribution in [2.24, 2.45) is 0 Å². The van der Waals surface area contributed by atoms with Gasteiger partial charge in [0.2, 0.25) is 10.0 Å². The maximum Gasteiger partial charge on any atom is 0.234 e. The van der Waals surface area contributed by atoms with Crippen LogP contribution in [0.3, 0.4) is 0 Å². The van der Waals surface area contributed by atoms with E-state index in [2.05, 4.69) is 4.72 Å². The predicted molar refractivity (Wildman–Crippen MR) is 98.0 cm³/mol. The molecule has 0 spiro atoms. The lowest BCUT2D eigenvalue weighted by Gasteiger charge is -2.15. The van der Waals surface area contributed by atoms with Gasteiger partial charge in [-0.1, -0.05) is 36.4 Å². The topological polar surface area (TPSA) is 46.2 Å². The highest BCUT2D eigenvalue weighted by molar-refractivity contribution is 7.92. The van der Waals surface area contributed by atoms with E-state index in [0.717, 1.165) is 16.0 Å². The first-order chi connectivity index (χ1) is 11.1. The van der Waals surface area contributed by atoms with Gasteiger partial charge in [-0.05, 0) is 45.5 Å². The van der Waals surface area contributed by atoms with Gasteiger partial charge in [0, 0.05) is 10.3 Å². The van der Waals surface area contributed by atoms with Crippen LogP contribution in [0.2, 0.25) is 0 Å². The minimum Gasteiger partial charge on any atom is -0.208 e. The highest BCUT2D eigenvalue weighted by Gasteiger charge is 2.20. The SMILES string of the molecule is O=S(=O)(/C=C/c1ccccc1)NC(c1ccsc1)c1cccs1. The second kappa shape index (κ2) is 7.23. The maximum atomic E-state index is 12.4. The average molecular weight is 362 g/mol. The summed E-state index contributed by atoms with van der Waals surface area (Å²) in [4.78, 5) is 0.972. The third kappa shape index (κ3) is 4.39. The lowest BCUT2D eigenvalue weighted by molar-refractivity contribution is 0.583. The fourth-order valence-corrected chi connectivity index (χ4v) is 4.69. The van der Waals surface area contributed by atoms with Gasteiger partial charge in [-0.3, -0.25) is 0 Å². The maximum absolute atomic E-state index is 12.4. The summed E-state index contributed by atoms with van der Waals surface area (Å²) in [5.74, 6) is 0. The van der Waals surface area contributed by atoms with Crippen molar-refractivity contribution in [2.45, 2.75) is 6.04 Å². The monoisotopic (exact) mass is 361 g/mol. The van der Waals surface area contributed by atoms with Crippen molar-refractivity contribution in [3.8, 4) is 0 Å². The Morgan fingerprint density at radius 1 is 1.00 bits per heavy atom. The van der Waals surface area contributed by atoms with E-state index in [-0.39, 0.29) is 6.04 Å². The van der Waals surface area contributed by atoms with Gasteiger partial charge in [0.15, 0.2) is 0 Å². The van der Waals surface area contributed by atoms with Crippen LogP contribution in [-0.2, 0) is 10.0 Å². The number of rotatable bonds is 6. The molecule has 3 nitrogen and oxygen atoms in total. The summed E-state index contributed by atoms with van der Waals surface area (Å²) < 4.78 is 27.6. The van der Waals surface area contributed by atoms with Crippen LogP contribution in [-0.4, -0.2) is 8.42 Å². The molecule has 0 aliphatic carbocycles. The summed E-state index contributed by atoms with van der Waals surface area (Å²) in [6, 6.07) is 14.8. The minimum atomic E-state index is -3.55. The van der Waals surface area contributed by atoms with Crippen LogP contribution in [0.4, 0.5) is 0 Å². The van der Waals surface area contributed by atoms with Gasteiger partial charge in [0.1, 0.15) is 0 Å². The Labute approximate surface area is 144 Å². The van der Waals surface area contributed by atoms with Gasteiger partial charge in [-0.15, -0.1) is 11.3 Å². The molecule has 0 amide bonds. The molecule has 1 N–H and O–H groups in total. The number of nitrogens with one attached hydrogen (secondary N) is 1. The first kappa shape index (κ1) is 16.1. The molecular weight excluding hydrogens is 346 g/mol. The molecule has 0 aliphatic rings. The van der Waals surface area contributed by atoms with Gasteiger partial charge in [-0.25, -0.2) is 8.42 Å². The lowest BCUT2D eigenvalue weighted by Crippen LogP contribution is -2.26. The minimum absolute atomic E-state index is 0.355. The quantitative estimate of drug-likeness (QED) is 0.703. The standard InChI is InChI=1S/C17H15NO2S3/c19-23(20,12-9-14-5-2-1-3-6-14)18-17(15-8-11-21-13-15)16-7-4-10-22-16/h1-13,17-18H/b12-9+. The van der Waals surface area contributed by atoms with Crippen molar-refractivity contribution >= 4 is 38.8 Å². The fourth-order valence-electron chi connectivity index (χ4n) is 2.12. The molecule has 1 unspecified atom stereocenters. The molecule has 23 heavy (non-hydrogen) atoms. The Morgan fingerprint density at radius 3 is 2.48 bits per heavy atom. The molecule has 1 atom stereocenters. The largest absolute Gasteiger partial charge is 0.234 e. The van der Waals surface area contributed by atoms with Crippen molar-refractivity contribution in [1.29, 1.82) is 0 Å². The summed E-state index contributed by atoms with van der Waals surface area (Å²) in [7, 11) is -3.55. The van der Waals surface area contributed by atoms with Crippen molar-refractivity contribution in [2.75, 3.05) is 0 Å². The predicted octanol–water partition coefficient (Wildman–Crippen LogP) is 4.49. The van der Waals surface area contributed by atoms with Gasteiger partial charge >= 0.3 is 0 Å². The third-order valence-electron chi connectivity index (χ3n) is 3.23. The van der Waals surface area contributed by atoms with E-state index in [1.54, 1.807) is 17.4 Å². The van der Waals surface area contributed by atoms with E-state index in [4.69, 9.17) is 0 Å². The summed E-state index contributed by atoms with van der Waals surface area (Å²) in [6.45, 7) is 0. The van der Waals surface area contributed by atoms with E-state index in [0.29, 0.717) is 0 Å². The summed E-state index contributed by atoms with van der Waals surface area (Å²) >= 11 is 3.09. The van der Waals surface area contributed by atoms with E-state index in [1.807, 2.05) is 64.7 Å². The zero-order valence-electron chi connectivity index (χ0n) is 12.1. The lowest BCUT2D eigenvalue weighted by atomic mass is 10.1. The second-order valence-corrected chi connectivity index (χ2v) is 8.24. The number of benzene rings is 1. The number of thiophene rings is 2. The van der Waals surface area contributed by atoms with Gasteiger partial charge in [0.25, 0.3) is 0 Å². The third-order valence-corrected chi connectivity index (χ3v) is 5.92. The Kier molecular flexibility index (Phi) is 5.07. The van der Waals surface area contributed by atoms with Crippen molar-refractivity contribution in [3.05, 3.63) is 86.1 Å². The van der Waals surface area contributed by atoms with E-state index < -0.39 is 10.0 Å². The summed E-state index contributed by atoms with van der Waals surface area (Å²) in [5, 5.41) is 7.08. The number of hydrogen-bond acceptors (Lipinski definition) is 4. The van der Waals surface area contributed by atoms with Crippen LogP contribution in [0.1, 0.15) is 22.0 Å². The number of hydrogen-bond donors (Lipinski definition) is 1. The summed E-state index contributed by atoms with van der Waals surface area (Å²) in [5.41, 5.74) is 1.80. The zero-order chi connectivity index (χ0) is 16.1. The fraction of sp³-hybridized carbons (Fsp3) is 0.0588.